The molecule has 2 aromatic carbocycles. The van der Waals surface area contributed by atoms with Gasteiger partial charge in [0, 0.05) is 25.2 Å². The van der Waals surface area contributed by atoms with Crippen LogP contribution in [0.3, 0.4) is 0 Å². The van der Waals surface area contributed by atoms with Crippen LogP contribution in [0.5, 0.6) is 0 Å². The lowest BCUT2D eigenvalue weighted by molar-refractivity contribution is -0.115. The average molecular weight is 458 g/mol. The molecule has 8 heteroatoms. The Morgan fingerprint density at radius 3 is 2.55 bits per heavy atom. The molecule has 3 aromatic rings. The standard InChI is InChI=1S/C23H27N3O3S2/c1-6-17-9-7-8-10-20(17)25-23(27)16(3)30-22-13-15(2)19-14-18(11-12-21(19)24-22)31(28,29)26(4)5/h7-14,16H,6H2,1-5H3,(H,25,27)/t16-/m1/s1. The number of nitrogens with one attached hydrogen (secondary N) is 1. The number of carbonyl (C=O) groups excluding carboxylic acids is 1. The summed E-state index contributed by atoms with van der Waals surface area (Å²) in [5.41, 5.74) is 3.53. The molecule has 0 saturated carbocycles. The number of nitrogens with zero attached hydrogens (tertiary/aromatic N) is 2. The lowest BCUT2D eigenvalue weighted by Gasteiger charge is -2.15. The van der Waals surface area contributed by atoms with E-state index in [1.165, 1.54) is 30.2 Å². The number of carbonyl (C=O) groups is 1. The number of sulfonamides is 1. The third kappa shape index (κ3) is 5.08. The Morgan fingerprint density at radius 1 is 1.16 bits per heavy atom. The first kappa shape index (κ1) is 23.2. The maximum absolute atomic E-state index is 12.7. The molecule has 1 aromatic heterocycles. The van der Waals surface area contributed by atoms with Gasteiger partial charge in [-0.15, -0.1) is 0 Å². The van der Waals surface area contributed by atoms with E-state index < -0.39 is 10.0 Å². The fourth-order valence-electron chi connectivity index (χ4n) is 3.19. The van der Waals surface area contributed by atoms with Gasteiger partial charge in [0.05, 0.1) is 20.7 Å². The number of fused-ring (bicyclic) bond motifs is 1. The van der Waals surface area contributed by atoms with Crippen molar-refractivity contribution < 1.29 is 13.2 Å². The van der Waals surface area contributed by atoms with Gasteiger partial charge in [0.1, 0.15) is 0 Å². The van der Waals surface area contributed by atoms with Crippen LogP contribution in [-0.4, -0.2) is 43.0 Å². The van der Waals surface area contributed by atoms with E-state index in [1.54, 1.807) is 18.2 Å². The molecule has 1 atom stereocenters. The number of hydrogen-bond donors (Lipinski definition) is 1. The minimum absolute atomic E-state index is 0.0853. The van der Waals surface area contributed by atoms with Crippen molar-refractivity contribution in [3.05, 3.63) is 59.7 Å². The van der Waals surface area contributed by atoms with Gasteiger partial charge in [-0.2, -0.15) is 0 Å². The number of thioether (sulfide) groups is 1. The second-order valence-corrected chi connectivity index (χ2v) is 11.0. The number of anilines is 1. The van der Waals surface area contributed by atoms with Gasteiger partial charge in [-0.05, 0) is 61.7 Å². The van der Waals surface area contributed by atoms with Crippen LogP contribution < -0.4 is 5.32 Å². The van der Waals surface area contributed by atoms with Crippen molar-refractivity contribution in [1.82, 2.24) is 9.29 Å². The molecule has 1 amide bonds. The molecule has 6 nitrogen and oxygen atoms in total. The van der Waals surface area contributed by atoms with Gasteiger partial charge in [-0.3, -0.25) is 4.79 Å². The summed E-state index contributed by atoms with van der Waals surface area (Å²) >= 11 is 1.38. The first-order valence-corrected chi connectivity index (χ1v) is 12.3. The highest BCUT2D eigenvalue weighted by Crippen LogP contribution is 2.29. The molecule has 0 radical (unpaired) electrons. The molecule has 0 aliphatic heterocycles. The van der Waals surface area contributed by atoms with Crippen LogP contribution >= 0.6 is 11.8 Å². The molecule has 3 rings (SSSR count). The second-order valence-electron chi connectivity index (χ2n) is 7.50. The molecule has 1 N–H and O–H groups in total. The molecule has 164 valence electrons. The first-order chi connectivity index (χ1) is 14.6. The SMILES string of the molecule is CCc1ccccc1NC(=O)[C@@H](C)Sc1cc(C)c2cc(S(=O)(=O)N(C)C)ccc2n1. The van der Waals surface area contributed by atoms with E-state index in [2.05, 4.69) is 17.2 Å². The van der Waals surface area contributed by atoms with Crippen molar-refractivity contribution in [3.63, 3.8) is 0 Å². The molecule has 0 aliphatic carbocycles. The Bertz CT molecular complexity index is 1220. The van der Waals surface area contributed by atoms with E-state index in [4.69, 9.17) is 0 Å². The molecule has 0 bridgehead atoms. The number of aryl methyl sites for hydroxylation is 2. The second kappa shape index (κ2) is 9.38. The van der Waals surface area contributed by atoms with Crippen molar-refractivity contribution in [2.24, 2.45) is 0 Å². The molecular formula is C23H27N3O3S2. The van der Waals surface area contributed by atoms with Gasteiger partial charge >= 0.3 is 0 Å². The van der Waals surface area contributed by atoms with Crippen LogP contribution in [0.1, 0.15) is 25.0 Å². The monoisotopic (exact) mass is 457 g/mol. The molecule has 0 spiro atoms. The maximum atomic E-state index is 12.7. The highest BCUT2D eigenvalue weighted by molar-refractivity contribution is 8.00. The van der Waals surface area contributed by atoms with Crippen LogP contribution in [-0.2, 0) is 21.2 Å². The summed E-state index contributed by atoms with van der Waals surface area (Å²) < 4.78 is 26.0. The maximum Gasteiger partial charge on any atom is 0.242 e. The van der Waals surface area contributed by atoms with E-state index in [1.807, 2.05) is 44.2 Å². The van der Waals surface area contributed by atoms with Gasteiger partial charge < -0.3 is 5.32 Å². The van der Waals surface area contributed by atoms with Crippen LogP contribution in [0, 0.1) is 6.92 Å². The van der Waals surface area contributed by atoms with Gasteiger partial charge in [0.2, 0.25) is 15.9 Å². The van der Waals surface area contributed by atoms with E-state index in [-0.39, 0.29) is 16.1 Å². The minimum atomic E-state index is -3.51. The normalized spacial score (nSPS) is 12.8. The number of pyridine rings is 1. The first-order valence-electron chi connectivity index (χ1n) is 10.0. The smallest absolute Gasteiger partial charge is 0.242 e. The van der Waals surface area contributed by atoms with Crippen molar-refractivity contribution >= 4 is 44.3 Å². The van der Waals surface area contributed by atoms with Crippen LogP contribution in [0.2, 0.25) is 0 Å². The fourth-order valence-corrected chi connectivity index (χ4v) is 5.05. The lowest BCUT2D eigenvalue weighted by Crippen LogP contribution is -2.23. The number of aromatic nitrogens is 1. The highest BCUT2D eigenvalue weighted by Gasteiger charge is 2.20. The molecule has 0 fully saturated rings. The molecule has 1 heterocycles. The summed E-state index contributed by atoms with van der Waals surface area (Å²) in [4.78, 5) is 17.6. The van der Waals surface area contributed by atoms with Crippen molar-refractivity contribution in [2.45, 2.75) is 42.4 Å². The summed E-state index contributed by atoms with van der Waals surface area (Å²) in [5.74, 6) is -0.0853. The third-order valence-corrected chi connectivity index (χ3v) is 7.89. The summed E-state index contributed by atoms with van der Waals surface area (Å²) in [6.45, 7) is 5.82. The Labute approximate surface area is 188 Å². The van der Waals surface area contributed by atoms with Crippen LogP contribution in [0.25, 0.3) is 10.9 Å². The highest BCUT2D eigenvalue weighted by atomic mass is 32.2. The van der Waals surface area contributed by atoms with Gasteiger partial charge in [-0.1, -0.05) is 36.9 Å². The number of rotatable bonds is 7. The van der Waals surface area contributed by atoms with Crippen LogP contribution in [0.15, 0.2) is 58.5 Å². The van der Waals surface area contributed by atoms with Gasteiger partial charge in [-0.25, -0.2) is 17.7 Å². The van der Waals surface area contributed by atoms with Crippen molar-refractivity contribution in [1.29, 1.82) is 0 Å². The molecule has 0 aliphatic rings. The van der Waals surface area contributed by atoms with E-state index in [0.29, 0.717) is 5.52 Å². The van der Waals surface area contributed by atoms with Gasteiger partial charge in [0.15, 0.2) is 0 Å². The van der Waals surface area contributed by atoms with Crippen molar-refractivity contribution in [2.75, 3.05) is 19.4 Å². The predicted octanol–water partition coefficient (Wildman–Crippen LogP) is 4.48. The topological polar surface area (TPSA) is 79.4 Å². The summed E-state index contributed by atoms with van der Waals surface area (Å²) in [6.07, 6.45) is 0.842. The Morgan fingerprint density at radius 2 is 1.87 bits per heavy atom. The third-order valence-electron chi connectivity index (χ3n) is 5.06. The quantitative estimate of drug-likeness (QED) is 0.530. The summed E-state index contributed by atoms with van der Waals surface area (Å²) in [6, 6.07) is 14.6. The van der Waals surface area contributed by atoms with Crippen molar-refractivity contribution in [3.8, 4) is 0 Å². The largest absolute Gasteiger partial charge is 0.325 e. The van der Waals surface area contributed by atoms with Gasteiger partial charge in [0.25, 0.3) is 0 Å². The molecular weight excluding hydrogens is 430 g/mol. The zero-order valence-electron chi connectivity index (χ0n) is 18.3. The zero-order chi connectivity index (χ0) is 22.8. The molecule has 0 saturated heterocycles. The van der Waals surface area contributed by atoms with E-state index in [0.717, 1.165) is 33.6 Å². The lowest BCUT2D eigenvalue weighted by atomic mass is 10.1. The fraction of sp³-hybridized carbons (Fsp3) is 0.304. The zero-order valence-corrected chi connectivity index (χ0v) is 20.0. The Hall–Kier alpha value is -2.42. The van der Waals surface area contributed by atoms with E-state index >= 15 is 0 Å². The summed E-state index contributed by atoms with van der Waals surface area (Å²) in [5, 5.41) is 4.17. The molecule has 0 unspecified atom stereocenters. The number of amides is 1. The average Bonchev–Trinajstić information content (AvgIpc) is 2.73. The minimum Gasteiger partial charge on any atom is -0.325 e. The number of para-hydroxylation sites is 1. The predicted molar refractivity (Wildman–Crippen MR) is 127 cm³/mol. The number of benzene rings is 2. The Kier molecular flexibility index (Phi) is 7.03. The Balaban J connectivity index is 1.82. The number of hydrogen-bond acceptors (Lipinski definition) is 5. The van der Waals surface area contributed by atoms with Crippen LogP contribution in [0.4, 0.5) is 5.69 Å². The van der Waals surface area contributed by atoms with E-state index in [9.17, 15) is 13.2 Å². The molecule has 31 heavy (non-hydrogen) atoms. The summed E-state index contributed by atoms with van der Waals surface area (Å²) in [7, 11) is -0.494.